The van der Waals surface area contributed by atoms with Crippen LogP contribution < -0.4 is 5.32 Å². The number of fused-ring (bicyclic) bond motifs is 1. The van der Waals surface area contributed by atoms with Crippen LogP contribution in [0, 0.1) is 0 Å². The SMILES string of the molecule is CCCCCCCN1CC2N(C(=O)CN(C)N2C=O)[C@@H](CCCNC(C)=O)C1=O. The Bertz CT molecular complexity index is 599. The van der Waals surface area contributed by atoms with E-state index in [2.05, 4.69) is 12.2 Å². The molecule has 1 unspecified atom stereocenters. The molecule has 4 amide bonds. The van der Waals surface area contributed by atoms with E-state index in [1.807, 2.05) is 0 Å². The molecule has 0 aromatic heterocycles. The lowest BCUT2D eigenvalue weighted by Gasteiger charge is -2.53. The summed E-state index contributed by atoms with van der Waals surface area (Å²) in [5.41, 5.74) is 0. The van der Waals surface area contributed by atoms with Crippen molar-refractivity contribution in [3.8, 4) is 0 Å². The second-order valence-electron chi connectivity index (χ2n) is 7.92. The van der Waals surface area contributed by atoms with Gasteiger partial charge in [-0.25, -0.2) is 5.01 Å². The molecule has 2 aliphatic rings. The van der Waals surface area contributed by atoms with Crippen LogP contribution >= 0.6 is 0 Å². The average molecular weight is 410 g/mol. The molecule has 2 heterocycles. The number of carbonyl (C=O) groups is 4. The summed E-state index contributed by atoms with van der Waals surface area (Å²) < 4.78 is 0. The Kier molecular flexibility index (Phi) is 8.88. The van der Waals surface area contributed by atoms with Crippen LogP contribution in [0.15, 0.2) is 0 Å². The zero-order valence-electron chi connectivity index (χ0n) is 17.9. The number of hydrazine groups is 1. The largest absolute Gasteiger partial charge is 0.356 e. The first kappa shape index (κ1) is 23.1. The van der Waals surface area contributed by atoms with Gasteiger partial charge in [-0.1, -0.05) is 32.6 Å². The molecule has 0 bridgehead atoms. The monoisotopic (exact) mass is 409 g/mol. The van der Waals surface area contributed by atoms with Gasteiger partial charge in [-0.2, -0.15) is 0 Å². The number of carbonyl (C=O) groups excluding carboxylic acids is 4. The molecule has 2 atom stereocenters. The molecule has 0 radical (unpaired) electrons. The first-order valence-corrected chi connectivity index (χ1v) is 10.7. The van der Waals surface area contributed by atoms with Crippen LogP contribution in [-0.2, 0) is 19.2 Å². The van der Waals surface area contributed by atoms with Crippen molar-refractivity contribution in [3.05, 3.63) is 0 Å². The molecule has 29 heavy (non-hydrogen) atoms. The Morgan fingerprint density at radius 1 is 1.17 bits per heavy atom. The van der Waals surface area contributed by atoms with E-state index in [1.165, 1.54) is 24.8 Å². The van der Waals surface area contributed by atoms with Gasteiger partial charge in [-0.15, -0.1) is 0 Å². The van der Waals surface area contributed by atoms with Crippen LogP contribution in [0.25, 0.3) is 0 Å². The molecule has 2 rings (SSSR count). The molecule has 164 valence electrons. The first-order valence-electron chi connectivity index (χ1n) is 10.7. The van der Waals surface area contributed by atoms with Crippen LogP contribution in [0.3, 0.4) is 0 Å². The molecule has 1 N–H and O–H groups in total. The zero-order chi connectivity index (χ0) is 21.4. The summed E-state index contributed by atoms with van der Waals surface area (Å²) >= 11 is 0. The second kappa shape index (κ2) is 11.1. The molecular formula is C20H35N5O4. The molecule has 2 saturated heterocycles. The minimum Gasteiger partial charge on any atom is -0.356 e. The van der Waals surface area contributed by atoms with Crippen molar-refractivity contribution in [3.63, 3.8) is 0 Å². The van der Waals surface area contributed by atoms with Crippen molar-refractivity contribution < 1.29 is 19.2 Å². The smallest absolute Gasteiger partial charge is 0.245 e. The minimum absolute atomic E-state index is 0.0525. The molecule has 0 aliphatic carbocycles. The third-order valence-electron chi connectivity index (χ3n) is 5.66. The van der Waals surface area contributed by atoms with Gasteiger partial charge in [0.15, 0.2) is 0 Å². The summed E-state index contributed by atoms with van der Waals surface area (Å²) in [5.74, 6) is -0.311. The molecule has 9 nitrogen and oxygen atoms in total. The first-order chi connectivity index (χ1) is 13.9. The van der Waals surface area contributed by atoms with Gasteiger partial charge in [0.05, 0.1) is 13.1 Å². The summed E-state index contributed by atoms with van der Waals surface area (Å²) in [7, 11) is 1.71. The highest BCUT2D eigenvalue weighted by Crippen LogP contribution is 2.27. The molecule has 2 fully saturated rings. The van der Waals surface area contributed by atoms with Gasteiger partial charge in [0.2, 0.25) is 24.1 Å². The van der Waals surface area contributed by atoms with E-state index in [9.17, 15) is 19.2 Å². The summed E-state index contributed by atoms with van der Waals surface area (Å²) in [6.45, 7) is 5.12. The maximum atomic E-state index is 13.2. The molecule has 0 saturated carbocycles. The topological polar surface area (TPSA) is 93.3 Å². The Labute approximate surface area is 173 Å². The van der Waals surface area contributed by atoms with Gasteiger partial charge < -0.3 is 15.1 Å². The van der Waals surface area contributed by atoms with E-state index in [0.717, 1.165) is 25.7 Å². The maximum Gasteiger partial charge on any atom is 0.245 e. The highest BCUT2D eigenvalue weighted by molar-refractivity contribution is 5.90. The number of hydrogen-bond donors (Lipinski definition) is 1. The zero-order valence-corrected chi connectivity index (χ0v) is 17.9. The summed E-state index contributed by atoms with van der Waals surface area (Å²) in [6.07, 6.45) is 6.80. The lowest BCUT2D eigenvalue weighted by atomic mass is 10.0. The van der Waals surface area contributed by atoms with E-state index in [0.29, 0.717) is 32.5 Å². The third kappa shape index (κ3) is 5.91. The highest BCUT2D eigenvalue weighted by atomic mass is 16.2. The van der Waals surface area contributed by atoms with Crippen LogP contribution in [0.1, 0.15) is 58.8 Å². The van der Waals surface area contributed by atoms with Crippen molar-refractivity contribution >= 4 is 24.1 Å². The predicted molar refractivity (Wildman–Crippen MR) is 108 cm³/mol. The van der Waals surface area contributed by atoms with E-state index in [1.54, 1.807) is 21.9 Å². The van der Waals surface area contributed by atoms with Crippen molar-refractivity contribution in [1.82, 2.24) is 25.1 Å². The van der Waals surface area contributed by atoms with E-state index in [-0.39, 0.29) is 24.3 Å². The normalized spacial score (nSPS) is 22.7. The Hall–Kier alpha value is -2.16. The molecule has 0 spiro atoms. The second-order valence-corrected chi connectivity index (χ2v) is 7.92. The molecular weight excluding hydrogens is 374 g/mol. The predicted octanol–water partition coefficient (Wildman–Crippen LogP) is 0.557. The van der Waals surface area contributed by atoms with E-state index < -0.39 is 12.2 Å². The van der Waals surface area contributed by atoms with Crippen LogP contribution in [0.5, 0.6) is 0 Å². The minimum atomic E-state index is -0.596. The van der Waals surface area contributed by atoms with Crippen LogP contribution in [0.2, 0.25) is 0 Å². The fourth-order valence-corrected chi connectivity index (χ4v) is 4.13. The molecule has 9 heteroatoms. The average Bonchev–Trinajstić information content (AvgIpc) is 2.67. The number of nitrogens with one attached hydrogen (secondary N) is 1. The number of nitrogens with zero attached hydrogens (tertiary/aromatic N) is 4. The summed E-state index contributed by atoms with van der Waals surface area (Å²) in [4.78, 5) is 52.1. The van der Waals surface area contributed by atoms with Crippen molar-refractivity contribution in [2.45, 2.75) is 71.0 Å². The lowest BCUT2D eigenvalue weighted by molar-refractivity contribution is -0.196. The van der Waals surface area contributed by atoms with Gasteiger partial charge in [0.25, 0.3) is 0 Å². The van der Waals surface area contributed by atoms with Gasteiger partial charge >= 0.3 is 0 Å². The van der Waals surface area contributed by atoms with Crippen molar-refractivity contribution in [2.75, 3.05) is 33.2 Å². The fraction of sp³-hybridized carbons (Fsp3) is 0.800. The van der Waals surface area contributed by atoms with Gasteiger partial charge in [-0.3, -0.25) is 24.2 Å². The summed E-state index contributed by atoms with van der Waals surface area (Å²) in [6, 6.07) is -0.596. The molecule has 0 aromatic rings. The number of hydrogen-bond acceptors (Lipinski definition) is 5. The van der Waals surface area contributed by atoms with Crippen LogP contribution in [-0.4, -0.2) is 89.4 Å². The number of rotatable bonds is 11. The highest BCUT2D eigenvalue weighted by Gasteiger charge is 2.48. The van der Waals surface area contributed by atoms with Crippen LogP contribution in [0.4, 0.5) is 0 Å². The number of unbranched alkanes of at least 4 members (excludes halogenated alkanes) is 4. The Balaban J connectivity index is 2.11. The maximum absolute atomic E-state index is 13.2. The van der Waals surface area contributed by atoms with Gasteiger partial charge in [0, 0.05) is 27.1 Å². The molecule has 0 aromatic carbocycles. The number of piperazine rings is 1. The van der Waals surface area contributed by atoms with Gasteiger partial charge in [0.1, 0.15) is 12.2 Å². The standard InChI is InChI=1S/C20H35N5O4/c1-4-5-6-7-8-12-23-13-18-24(15-26)22(3)14-19(28)25(18)17(20(23)29)10-9-11-21-16(2)27/h15,17-18H,4-14H2,1-3H3,(H,21,27)/t17-,18?/m0/s1. The molecule has 2 aliphatic heterocycles. The number of amides is 4. The fourth-order valence-electron chi connectivity index (χ4n) is 4.13. The van der Waals surface area contributed by atoms with Crippen molar-refractivity contribution in [2.24, 2.45) is 0 Å². The van der Waals surface area contributed by atoms with Gasteiger partial charge in [-0.05, 0) is 19.3 Å². The summed E-state index contributed by atoms with van der Waals surface area (Å²) in [5, 5.41) is 5.86. The van der Waals surface area contributed by atoms with E-state index >= 15 is 0 Å². The Morgan fingerprint density at radius 2 is 1.90 bits per heavy atom. The lowest BCUT2D eigenvalue weighted by Crippen LogP contribution is -2.74. The Morgan fingerprint density at radius 3 is 2.55 bits per heavy atom. The third-order valence-corrected chi connectivity index (χ3v) is 5.66. The quantitative estimate of drug-likeness (QED) is 0.398. The van der Waals surface area contributed by atoms with Crippen molar-refractivity contribution in [1.29, 1.82) is 0 Å². The van der Waals surface area contributed by atoms with E-state index in [4.69, 9.17) is 0 Å². The number of likely N-dealkylation sites (N-methyl/N-ethyl adjacent to an activating group) is 1.